The molecular formula is C22H19N3O2. The molecule has 0 bridgehead atoms. The monoisotopic (exact) mass is 357 g/mol. The third-order valence-corrected chi connectivity index (χ3v) is 4.39. The van der Waals surface area contributed by atoms with Crippen LogP contribution in [0.25, 0.3) is 22.0 Å². The number of aromatic nitrogens is 2. The normalized spacial score (nSPS) is 10.6. The highest BCUT2D eigenvalue weighted by Gasteiger charge is 2.09. The van der Waals surface area contributed by atoms with E-state index in [0.29, 0.717) is 11.5 Å². The van der Waals surface area contributed by atoms with Crippen molar-refractivity contribution in [2.45, 2.75) is 0 Å². The van der Waals surface area contributed by atoms with Gasteiger partial charge in [0, 0.05) is 11.1 Å². The molecule has 0 spiro atoms. The summed E-state index contributed by atoms with van der Waals surface area (Å²) in [7, 11) is 3.27. The number of rotatable bonds is 5. The van der Waals surface area contributed by atoms with Crippen LogP contribution in [0.15, 0.2) is 73.1 Å². The molecule has 0 saturated heterocycles. The van der Waals surface area contributed by atoms with Crippen LogP contribution in [0.3, 0.4) is 0 Å². The smallest absolute Gasteiger partial charge is 0.161 e. The second kappa shape index (κ2) is 7.33. The molecule has 1 heterocycles. The van der Waals surface area contributed by atoms with Crippen LogP contribution in [0.5, 0.6) is 11.5 Å². The van der Waals surface area contributed by atoms with Gasteiger partial charge in [-0.05, 0) is 47.5 Å². The van der Waals surface area contributed by atoms with Gasteiger partial charge in [-0.2, -0.15) is 0 Å². The summed E-state index contributed by atoms with van der Waals surface area (Å²) in [6, 6.07) is 22.0. The van der Waals surface area contributed by atoms with Gasteiger partial charge in [0.2, 0.25) is 0 Å². The summed E-state index contributed by atoms with van der Waals surface area (Å²) >= 11 is 0. The van der Waals surface area contributed by atoms with Crippen molar-refractivity contribution in [2.75, 3.05) is 19.5 Å². The van der Waals surface area contributed by atoms with Gasteiger partial charge in [0.25, 0.3) is 0 Å². The van der Waals surface area contributed by atoms with Gasteiger partial charge in [-0.15, -0.1) is 0 Å². The van der Waals surface area contributed by atoms with E-state index < -0.39 is 0 Å². The maximum atomic E-state index is 5.43. The van der Waals surface area contributed by atoms with Crippen molar-refractivity contribution in [3.8, 4) is 22.6 Å². The lowest BCUT2D eigenvalue weighted by atomic mass is 10.0. The Labute approximate surface area is 157 Å². The highest BCUT2D eigenvalue weighted by Crippen LogP contribution is 2.34. The number of hydrogen-bond acceptors (Lipinski definition) is 5. The van der Waals surface area contributed by atoms with E-state index in [4.69, 9.17) is 9.47 Å². The van der Waals surface area contributed by atoms with E-state index in [1.165, 1.54) is 0 Å². The van der Waals surface area contributed by atoms with Crippen LogP contribution >= 0.6 is 0 Å². The van der Waals surface area contributed by atoms with Crippen molar-refractivity contribution < 1.29 is 9.47 Å². The van der Waals surface area contributed by atoms with Crippen molar-refractivity contribution >= 4 is 22.4 Å². The van der Waals surface area contributed by atoms with Crippen molar-refractivity contribution in [2.24, 2.45) is 0 Å². The number of anilines is 2. The van der Waals surface area contributed by atoms with Gasteiger partial charge >= 0.3 is 0 Å². The average Bonchev–Trinajstić information content (AvgIpc) is 2.74. The molecule has 5 heteroatoms. The van der Waals surface area contributed by atoms with E-state index in [1.807, 2.05) is 60.7 Å². The van der Waals surface area contributed by atoms with Crippen molar-refractivity contribution in [3.63, 3.8) is 0 Å². The highest BCUT2D eigenvalue weighted by molar-refractivity contribution is 5.94. The van der Waals surface area contributed by atoms with Crippen LogP contribution in [0.2, 0.25) is 0 Å². The van der Waals surface area contributed by atoms with Gasteiger partial charge in [0.15, 0.2) is 11.5 Å². The Morgan fingerprint density at radius 3 is 2.26 bits per heavy atom. The lowest BCUT2D eigenvalue weighted by Crippen LogP contribution is -1.96. The Bertz CT molecular complexity index is 1080. The highest BCUT2D eigenvalue weighted by atomic mass is 16.5. The zero-order valence-electron chi connectivity index (χ0n) is 15.1. The maximum Gasteiger partial charge on any atom is 0.161 e. The minimum Gasteiger partial charge on any atom is -0.493 e. The molecule has 4 rings (SSSR count). The Hall–Kier alpha value is -3.60. The zero-order chi connectivity index (χ0) is 18.6. The fourth-order valence-electron chi connectivity index (χ4n) is 3.01. The van der Waals surface area contributed by atoms with Gasteiger partial charge in [-0.25, -0.2) is 9.97 Å². The fraction of sp³-hybridized carbons (Fsp3) is 0.0909. The fourth-order valence-corrected chi connectivity index (χ4v) is 3.01. The molecule has 0 radical (unpaired) electrons. The summed E-state index contributed by atoms with van der Waals surface area (Å²) in [5, 5.41) is 4.32. The molecular weight excluding hydrogens is 338 g/mol. The number of benzene rings is 3. The molecule has 4 aromatic rings. The number of hydrogen-bond donors (Lipinski definition) is 1. The summed E-state index contributed by atoms with van der Waals surface area (Å²) in [6.07, 6.45) is 1.57. The van der Waals surface area contributed by atoms with E-state index in [-0.39, 0.29) is 0 Å². The van der Waals surface area contributed by atoms with Gasteiger partial charge < -0.3 is 14.8 Å². The molecule has 134 valence electrons. The second-order valence-corrected chi connectivity index (χ2v) is 6.01. The lowest BCUT2D eigenvalue weighted by molar-refractivity contribution is 0.355. The molecule has 0 aliphatic rings. The molecule has 0 saturated carbocycles. The predicted molar refractivity (Wildman–Crippen MR) is 108 cm³/mol. The molecule has 0 unspecified atom stereocenters. The average molecular weight is 357 g/mol. The molecule has 1 N–H and O–H groups in total. The first-order valence-electron chi connectivity index (χ1n) is 8.58. The number of nitrogens with zero attached hydrogens (tertiary/aromatic N) is 2. The number of fused-ring (bicyclic) bond motifs is 1. The minimum atomic E-state index is 0.696. The first-order chi connectivity index (χ1) is 13.3. The Balaban J connectivity index is 1.78. The molecule has 0 aliphatic heterocycles. The largest absolute Gasteiger partial charge is 0.493 e. The second-order valence-electron chi connectivity index (χ2n) is 6.01. The quantitative estimate of drug-likeness (QED) is 0.541. The molecule has 0 fully saturated rings. The van der Waals surface area contributed by atoms with Crippen LogP contribution < -0.4 is 14.8 Å². The van der Waals surface area contributed by atoms with Gasteiger partial charge in [-0.1, -0.05) is 30.3 Å². The third kappa shape index (κ3) is 3.40. The summed E-state index contributed by atoms with van der Waals surface area (Å²) in [5.41, 5.74) is 3.94. The SMILES string of the molecule is COc1ccc(-c2ccc3ncnc(Nc4ccccc4)c3c2)cc1OC. The van der Waals surface area contributed by atoms with Crippen molar-refractivity contribution in [3.05, 3.63) is 73.1 Å². The first-order valence-corrected chi connectivity index (χ1v) is 8.58. The Morgan fingerprint density at radius 1 is 0.741 bits per heavy atom. The molecule has 5 nitrogen and oxygen atoms in total. The molecule has 0 amide bonds. The van der Waals surface area contributed by atoms with E-state index in [0.717, 1.165) is 33.5 Å². The zero-order valence-corrected chi connectivity index (χ0v) is 15.1. The maximum absolute atomic E-state index is 5.43. The molecule has 0 atom stereocenters. The van der Waals surface area contributed by atoms with Crippen molar-refractivity contribution in [1.82, 2.24) is 9.97 Å². The van der Waals surface area contributed by atoms with Gasteiger partial charge in [-0.3, -0.25) is 0 Å². The number of methoxy groups -OCH3 is 2. The van der Waals surface area contributed by atoms with Crippen LogP contribution in [-0.2, 0) is 0 Å². The molecule has 1 aromatic heterocycles. The van der Waals surface area contributed by atoms with Crippen LogP contribution in [0.1, 0.15) is 0 Å². The summed E-state index contributed by atoms with van der Waals surface area (Å²) in [5.74, 6) is 2.17. The molecule has 3 aromatic carbocycles. The summed E-state index contributed by atoms with van der Waals surface area (Å²) in [4.78, 5) is 8.81. The van der Waals surface area contributed by atoms with Crippen LogP contribution in [-0.4, -0.2) is 24.2 Å². The summed E-state index contributed by atoms with van der Waals surface area (Å²) in [6.45, 7) is 0. The minimum absolute atomic E-state index is 0.696. The van der Waals surface area contributed by atoms with E-state index >= 15 is 0 Å². The lowest BCUT2D eigenvalue weighted by Gasteiger charge is -2.12. The number of para-hydroxylation sites is 1. The first kappa shape index (κ1) is 16.8. The number of ether oxygens (including phenoxy) is 2. The van der Waals surface area contributed by atoms with Crippen molar-refractivity contribution in [1.29, 1.82) is 0 Å². The Kier molecular flexibility index (Phi) is 4.58. The topological polar surface area (TPSA) is 56.3 Å². The standard InChI is InChI=1S/C22H19N3O2/c1-26-20-11-9-16(13-21(20)27-2)15-8-10-19-18(12-15)22(24-14-23-19)25-17-6-4-3-5-7-17/h3-14H,1-2H3,(H,23,24,25). The third-order valence-electron chi connectivity index (χ3n) is 4.39. The molecule has 0 aliphatic carbocycles. The van der Waals surface area contributed by atoms with Crippen LogP contribution in [0.4, 0.5) is 11.5 Å². The van der Waals surface area contributed by atoms with E-state index in [2.05, 4.69) is 21.4 Å². The Morgan fingerprint density at radius 2 is 1.48 bits per heavy atom. The van der Waals surface area contributed by atoms with Gasteiger partial charge in [0.05, 0.1) is 19.7 Å². The van der Waals surface area contributed by atoms with E-state index in [9.17, 15) is 0 Å². The predicted octanol–water partition coefficient (Wildman–Crippen LogP) is 5.06. The number of nitrogens with one attached hydrogen (secondary N) is 1. The van der Waals surface area contributed by atoms with Gasteiger partial charge in [0.1, 0.15) is 12.1 Å². The molecule has 27 heavy (non-hydrogen) atoms. The van der Waals surface area contributed by atoms with E-state index in [1.54, 1.807) is 20.5 Å². The van der Waals surface area contributed by atoms with Crippen LogP contribution in [0, 0.1) is 0 Å². The summed E-state index contributed by atoms with van der Waals surface area (Å²) < 4.78 is 10.8.